The van der Waals surface area contributed by atoms with Crippen LogP contribution >= 0.6 is 0 Å². The van der Waals surface area contributed by atoms with Crippen molar-refractivity contribution in [3.63, 3.8) is 0 Å². The van der Waals surface area contributed by atoms with Crippen molar-refractivity contribution in [1.29, 1.82) is 0 Å². The first-order valence-corrected chi connectivity index (χ1v) is 7.23. The number of benzene rings is 1. The zero-order valence-electron chi connectivity index (χ0n) is 12.9. The standard InChI is InChI=1S/C14H20N2.C2H2O4/c1-3-16(4-2)10-9-12-11-15-14-8-6-5-7-13(12)14;3-1(4)2(5)6/h5-8,11,15H,3-4,9-10H2,1-2H3;(H,3,4)(H,5,6). The number of hydrogen-bond donors (Lipinski definition) is 3. The Morgan fingerprint density at radius 2 is 1.68 bits per heavy atom. The van der Waals surface area contributed by atoms with Crippen molar-refractivity contribution < 1.29 is 19.8 Å². The molecule has 2 rings (SSSR count). The summed E-state index contributed by atoms with van der Waals surface area (Å²) in [6, 6.07) is 8.52. The van der Waals surface area contributed by atoms with Gasteiger partial charge in [0.05, 0.1) is 0 Å². The van der Waals surface area contributed by atoms with Crippen LogP contribution in [0.4, 0.5) is 0 Å². The lowest BCUT2D eigenvalue weighted by Gasteiger charge is -2.17. The van der Waals surface area contributed by atoms with E-state index in [1.165, 1.54) is 16.5 Å². The number of rotatable bonds is 5. The zero-order valence-corrected chi connectivity index (χ0v) is 12.9. The number of nitrogens with one attached hydrogen (secondary N) is 1. The van der Waals surface area contributed by atoms with Crippen LogP contribution in [0.3, 0.4) is 0 Å². The van der Waals surface area contributed by atoms with E-state index in [1.54, 1.807) is 0 Å². The molecule has 0 radical (unpaired) electrons. The molecule has 0 aliphatic rings. The maximum absolute atomic E-state index is 9.10. The highest BCUT2D eigenvalue weighted by molar-refractivity contribution is 6.27. The number of carboxylic acids is 2. The first-order valence-electron chi connectivity index (χ1n) is 7.23. The number of carbonyl (C=O) groups is 2. The minimum absolute atomic E-state index is 1.13. The number of aromatic amines is 1. The number of hydrogen-bond acceptors (Lipinski definition) is 3. The molecular weight excluding hydrogens is 284 g/mol. The fraction of sp³-hybridized carbons (Fsp3) is 0.375. The second-order valence-corrected chi connectivity index (χ2v) is 4.75. The Morgan fingerprint density at radius 1 is 1.09 bits per heavy atom. The van der Waals surface area contributed by atoms with Gasteiger partial charge in [-0.1, -0.05) is 32.0 Å². The van der Waals surface area contributed by atoms with E-state index in [0.717, 1.165) is 26.1 Å². The Hall–Kier alpha value is -2.34. The maximum Gasteiger partial charge on any atom is 0.414 e. The molecule has 1 aromatic heterocycles. The highest BCUT2D eigenvalue weighted by Crippen LogP contribution is 2.18. The highest BCUT2D eigenvalue weighted by Gasteiger charge is 2.05. The molecule has 0 atom stereocenters. The lowest BCUT2D eigenvalue weighted by molar-refractivity contribution is -0.159. The number of aromatic nitrogens is 1. The Morgan fingerprint density at radius 3 is 2.23 bits per heavy atom. The van der Waals surface area contributed by atoms with Gasteiger partial charge in [0.1, 0.15) is 0 Å². The first-order chi connectivity index (χ1) is 10.5. The van der Waals surface area contributed by atoms with Crippen molar-refractivity contribution in [3.8, 4) is 0 Å². The third-order valence-electron chi connectivity index (χ3n) is 3.45. The molecule has 120 valence electrons. The molecule has 0 amide bonds. The Bertz CT molecular complexity index is 605. The summed E-state index contributed by atoms with van der Waals surface area (Å²) < 4.78 is 0. The molecule has 0 aliphatic heterocycles. The summed E-state index contributed by atoms with van der Waals surface area (Å²) in [7, 11) is 0. The lowest BCUT2D eigenvalue weighted by atomic mass is 10.1. The summed E-state index contributed by atoms with van der Waals surface area (Å²) in [5, 5.41) is 16.2. The summed E-state index contributed by atoms with van der Waals surface area (Å²) in [6.07, 6.45) is 3.28. The van der Waals surface area contributed by atoms with Gasteiger partial charge in [-0.05, 0) is 31.1 Å². The number of H-pyrrole nitrogens is 1. The molecule has 6 heteroatoms. The van der Waals surface area contributed by atoms with Crippen LogP contribution in [0.2, 0.25) is 0 Å². The topological polar surface area (TPSA) is 93.6 Å². The predicted octanol–water partition coefficient (Wildman–Crippen LogP) is 2.21. The van der Waals surface area contributed by atoms with E-state index >= 15 is 0 Å². The van der Waals surface area contributed by atoms with Gasteiger partial charge in [0.25, 0.3) is 0 Å². The van der Waals surface area contributed by atoms with Crippen molar-refractivity contribution in [3.05, 3.63) is 36.0 Å². The Kier molecular flexibility index (Phi) is 7.12. The third kappa shape index (κ3) is 5.21. The summed E-state index contributed by atoms with van der Waals surface area (Å²) >= 11 is 0. The molecule has 3 N–H and O–H groups in total. The molecule has 0 spiro atoms. The van der Waals surface area contributed by atoms with Gasteiger partial charge in [-0.25, -0.2) is 9.59 Å². The third-order valence-corrected chi connectivity index (χ3v) is 3.45. The molecule has 1 heterocycles. The van der Waals surface area contributed by atoms with E-state index < -0.39 is 11.9 Å². The average molecular weight is 306 g/mol. The molecule has 1 aromatic carbocycles. The van der Waals surface area contributed by atoms with Gasteiger partial charge < -0.3 is 20.1 Å². The van der Waals surface area contributed by atoms with Crippen LogP contribution in [0.5, 0.6) is 0 Å². The minimum Gasteiger partial charge on any atom is -0.473 e. The summed E-state index contributed by atoms with van der Waals surface area (Å²) in [4.78, 5) is 24.0. The predicted molar refractivity (Wildman–Crippen MR) is 85.1 cm³/mol. The van der Waals surface area contributed by atoms with Crippen molar-refractivity contribution in [1.82, 2.24) is 9.88 Å². The molecule has 0 saturated heterocycles. The average Bonchev–Trinajstić information content (AvgIpc) is 2.92. The van der Waals surface area contributed by atoms with Crippen LogP contribution < -0.4 is 0 Å². The second-order valence-electron chi connectivity index (χ2n) is 4.75. The Balaban J connectivity index is 0.000000346. The lowest BCUT2D eigenvalue weighted by Crippen LogP contribution is -2.25. The molecule has 0 fully saturated rings. The highest BCUT2D eigenvalue weighted by atomic mass is 16.4. The number of para-hydroxylation sites is 1. The van der Waals surface area contributed by atoms with E-state index in [1.807, 2.05) is 0 Å². The number of carboxylic acid groups (broad SMARTS) is 2. The van der Waals surface area contributed by atoms with Gasteiger partial charge in [-0.2, -0.15) is 0 Å². The van der Waals surface area contributed by atoms with Crippen LogP contribution in [0.1, 0.15) is 19.4 Å². The molecule has 6 nitrogen and oxygen atoms in total. The number of fused-ring (bicyclic) bond motifs is 1. The smallest absolute Gasteiger partial charge is 0.414 e. The van der Waals surface area contributed by atoms with E-state index in [9.17, 15) is 0 Å². The van der Waals surface area contributed by atoms with Gasteiger partial charge in [0, 0.05) is 23.6 Å². The monoisotopic (exact) mass is 306 g/mol. The molecule has 0 saturated carbocycles. The van der Waals surface area contributed by atoms with Gasteiger partial charge >= 0.3 is 11.9 Å². The van der Waals surface area contributed by atoms with Gasteiger partial charge in [0.2, 0.25) is 0 Å². The van der Waals surface area contributed by atoms with Crippen LogP contribution in [0.15, 0.2) is 30.5 Å². The van der Waals surface area contributed by atoms with Crippen LogP contribution in [0, 0.1) is 0 Å². The number of likely N-dealkylation sites (N-methyl/N-ethyl adjacent to an activating group) is 1. The molecule has 0 aliphatic carbocycles. The van der Waals surface area contributed by atoms with Crippen molar-refractivity contribution in [2.45, 2.75) is 20.3 Å². The molecule has 0 bridgehead atoms. The molecular formula is C16H22N2O4. The van der Waals surface area contributed by atoms with Crippen LogP contribution in [0.25, 0.3) is 10.9 Å². The van der Waals surface area contributed by atoms with Gasteiger partial charge in [-0.3, -0.25) is 0 Å². The Labute approximate surface area is 129 Å². The van der Waals surface area contributed by atoms with E-state index in [-0.39, 0.29) is 0 Å². The number of aliphatic carboxylic acids is 2. The van der Waals surface area contributed by atoms with Gasteiger partial charge in [-0.15, -0.1) is 0 Å². The summed E-state index contributed by atoms with van der Waals surface area (Å²) in [5.41, 5.74) is 2.68. The summed E-state index contributed by atoms with van der Waals surface area (Å²) in [6.45, 7) is 7.87. The normalized spacial score (nSPS) is 10.3. The summed E-state index contributed by atoms with van der Waals surface area (Å²) in [5.74, 6) is -3.65. The molecule has 0 unspecified atom stereocenters. The molecule has 2 aromatic rings. The van der Waals surface area contributed by atoms with E-state index in [0.29, 0.717) is 0 Å². The van der Waals surface area contributed by atoms with Crippen LogP contribution in [-0.4, -0.2) is 51.7 Å². The fourth-order valence-electron chi connectivity index (χ4n) is 2.16. The SMILES string of the molecule is CCN(CC)CCc1c[nH]c2ccccc12.O=C(O)C(=O)O. The number of nitrogens with zero attached hydrogens (tertiary/aromatic N) is 1. The minimum atomic E-state index is -1.82. The van der Waals surface area contributed by atoms with E-state index in [4.69, 9.17) is 19.8 Å². The van der Waals surface area contributed by atoms with Crippen molar-refractivity contribution in [2.24, 2.45) is 0 Å². The second kappa shape index (κ2) is 8.84. The maximum atomic E-state index is 9.10. The molecule has 22 heavy (non-hydrogen) atoms. The van der Waals surface area contributed by atoms with Crippen LogP contribution in [-0.2, 0) is 16.0 Å². The first kappa shape index (κ1) is 17.7. The van der Waals surface area contributed by atoms with Gasteiger partial charge in [0.15, 0.2) is 0 Å². The van der Waals surface area contributed by atoms with Crippen molar-refractivity contribution >= 4 is 22.8 Å². The fourth-order valence-corrected chi connectivity index (χ4v) is 2.16. The van der Waals surface area contributed by atoms with E-state index in [2.05, 4.69) is 54.2 Å². The zero-order chi connectivity index (χ0) is 16.5. The quantitative estimate of drug-likeness (QED) is 0.736. The van der Waals surface area contributed by atoms with Crippen molar-refractivity contribution in [2.75, 3.05) is 19.6 Å². The largest absolute Gasteiger partial charge is 0.473 e.